The first-order chi connectivity index (χ1) is 11.2. The third kappa shape index (κ3) is 4.89. The number of aryl methyl sites for hydroxylation is 1. The minimum atomic E-state index is -0.478. The molecule has 0 fully saturated rings. The van der Waals surface area contributed by atoms with Gasteiger partial charge in [0.25, 0.3) is 0 Å². The predicted molar refractivity (Wildman–Crippen MR) is 94.7 cm³/mol. The van der Waals surface area contributed by atoms with Crippen LogP contribution in [0.4, 0.5) is 4.39 Å². The summed E-state index contributed by atoms with van der Waals surface area (Å²) in [4.78, 5) is 8.21. The van der Waals surface area contributed by atoms with Crippen LogP contribution in [0.5, 0.6) is 5.75 Å². The molecular weight excluding hydrogens is 329 g/mol. The summed E-state index contributed by atoms with van der Waals surface area (Å²) in [6, 6.07) is 4.58. The highest BCUT2D eigenvalue weighted by molar-refractivity contribution is 6.29. The van der Waals surface area contributed by atoms with Crippen LogP contribution in [-0.4, -0.2) is 22.1 Å². The zero-order valence-corrected chi connectivity index (χ0v) is 15.2. The molecule has 1 atom stereocenters. The van der Waals surface area contributed by atoms with Gasteiger partial charge in [-0.1, -0.05) is 25.4 Å². The summed E-state index contributed by atoms with van der Waals surface area (Å²) in [6.45, 7) is 8.21. The van der Waals surface area contributed by atoms with Crippen LogP contribution >= 0.6 is 11.6 Å². The number of aromatic nitrogens is 2. The molecular formula is C18H23ClFN3O. The highest BCUT2D eigenvalue weighted by Gasteiger charge is 2.22. The molecule has 130 valence electrons. The molecule has 0 bridgehead atoms. The van der Waals surface area contributed by atoms with Crippen LogP contribution in [-0.2, 0) is 0 Å². The third-order valence-electron chi connectivity index (χ3n) is 3.55. The summed E-state index contributed by atoms with van der Waals surface area (Å²) in [5.41, 5.74) is 7.15. The molecule has 2 N–H and O–H groups in total. The Morgan fingerprint density at radius 2 is 2.08 bits per heavy atom. The normalized spacial score (nSPS) is 13.8. The minimum absolute atomic E-state index is 0.224. The predicted octanol–water partition coefficient (Wildman–Crippen LogP) is 4.39. The number of hydrogen-bond acceptors (Lipinski definition) is 4. The van der Waals surface area contributed by atoms with E-state index in [4.69, 9.17) is 22.1 Å². The maximum atomic E-state index is 14.4. The largest absolute Gasteiger partial charge is 0.490 e. The third-order valence-corrected chi connectivity index (χ3v) is 3.76. The van der Waals surface area contributed by atoms with Crippen molar-refractivity contribution in [1.82, 2.24) is 9.97 Å². The van der Waals surface area contributed by atoms with Crippen molar-refractivity contribution in [2.24, 2.45) is 11.7 Å². The Morgan fingerprint density at radius 1 is 1.38 bits per heavy atom. The second-order valence-electron chi connectivity index (χ2n) is 6.81. The molecule has 0 amide bonds. The van der Waals surface area contributed by atoms with Crippen molar-refractivity contribution >= 4 is 11.6 Å². The smallest absolute Gasteiger partial charge is 0.153 e. The summed E-state index contributed by atoms with van der Waals surface area (Å²) in [5, 5.41) is 0.291. The maximum Gasteiger partial charge on any atom is 0.153 e. The SMILES string of the molecule is Cc1nc(-c2ccnc(Cl)c2)c(F)cc1OCC(C)(N)CC(C)C. The summed E-state index contributed by atoms with van der Waals surface area (Å²) in [6.07, 6.45) is 2.33. The van der Waals surface area contributed by atoms with E-state index < -0.39 is 11.4 Å². The van der Waals surface area contributed by atoms with Crippen molar-refractivity contribution in [2.75, 3.05) is 6.61 Å². The second kappa shape index (κ2) is 7.45. The Morgan fingerprint density at radius 3 is 2.71 bits per heavy atom. The van der Waals surface area contributed by atoms with Crippen molar-refractivity contribution in [1.29, 1.82) is 0 Å². The van der Waals surface area contributed by atoms with Crippen molar-refractivity contribution in [3.05, 3.63) is 41.1 Å². The lowest BCUT2D eigenvalue weighted by Gasteiger charge is -2.27. The van der Waals surface area contributed by atoms with E-state index >= 15 is 0 Å². The Balaban J connectivity index is 2.21. The molecule has 2 aromatic rings. The molecule has 6 heteroatoms. The number of halogens is 2. The number of hydrogen-bond donors (Lipinski definition) is 1. The van der Waals surface area contributed by atoms with Crippen LogP contribution in [0.2, 0.25) is 5.15 Å². The zero-order chi connectivity index (χ0) is 17.9. The summed E-state index contributed by atoms with van der Waals surface area (Å²) < 4.78 is 20.2. The lowest BCUT2D eigenvalue weighted by atomic mass is 9.93. The molecule has 2 aromatic heterocycles. The molecule has 2 rings (SSSR count). The van der Waals surface area contributed by atoms with Gasteiger partial charge >= 0.3 is 0 Å². The van der Waals surface area contributed by atoms with Crippen molar-refractivity contribution < 1.29 is 9.13 Å². The molecule has 0 saturated heterocycles. The first-order valence-corrected chi connectivity index (χ1v) is 8.26. The van der Waals surface area contributed by atoms with Gasteiger partial charge in [0, 0.05) is 23.4 Å². The lowest BCUT2D eigenvalue weighted by Crippen LogP contribution is -2.43. The molecule has 0 spiro atoms. The van der Waals surface area contributed by atoms with E-state index in [0.29, 0.717) is 34.7 Å². The van der Waals surface area contributed by atoms with E-state index in [0.717, 1.165) is 6.42 Å². The van der Waals surface area contributed by atoms with Crippen LogP contribution in [0.25, 0.3) is 11.3 Å². The molecule has 0 aromatic carbocycles. The Hall–Kier alpha value is -1.72. The van der Waals surface area contributed by atoms with Crippen molar-refractivity contribution in [3.63, 3.8) is 0 Å². The van der Waals surface area contributed by atoms with Crippen LogP contribution in [0, 0.1) is 18.7 Å². The van der Waals surface area contributed by atoms with Crippen LogP contribution in [0.15, 0.2) is 24.4 Å². The van der Waals surface area contributed by atoms with E-state index in [1.165, 1.54) is 12.3 Å². The van der Waals surface area contributed by atoms with Gasteiger partial charge in [-0.3, -0.25) is 0 Å². The molecule has 0 aliphatic heterocycles. The molecule has 1 unspecified atom stereocenters. The van der Waals surface area contributed by atoms with E-state index in [1.54, 1.807) is 19.1 Å². The van der Waals surface area contributed by atoms with Gasteiger partial charge in [-0.25, -0.2) is 14.4 Å². The summed E-state index contributed by atoms with van der Waals surface area (Å²) in [5.74, 6) is 0.385. The Bertz CT molecular complexity index is 719. The number of nitrogens with zero attached hydrogens (tertiary/aromatic N) is 2. The summed E-state index contributed by atoms with van der Waals surface area (Å²) in [7, 11) is 0. The minimum Gasteiger partial charge on any atom is -0.490 e. The molecule has 2 heterocycles. The van der Waals surface area contributed by atoms with Gasteiger partial charge in [-0.2, -0.15) is 0 Å². The van der Waals surface area contributed by atoms with Gasteiger partial charge < -0.3 is 10.5 Å². The number of pyridine rings is 2. The van der Waals surface area contributed by atoms with E-state index in [2.05, 4.69) is 23.8 Å². The van der Waals surface area contributed by atoms with Gasteiger partial charge in [-0.05, 0) is 38.3 Å². The lowest BCUT2D eigenvalue weighted by molar-refractivity contribution is 0.204. The average molecular weight is 352 g/mol. The second-order valence-corrected chi connectivity index (χ2v) is 7.20. The topological polar surface area (TPSA) is 61.0 Å². The Labute approximate surface area is 147 Å². The van der Waals surface area contributed by atoms with Crippen LogP contribution in [0.1, 0.15) is 32.9 Å². The van der Waals surface area contributed by atoms with E-state index in [9.17, 15) is 4.39 Å². The standard InChI is InChI=1S/C18H23ClFN3O/c1-11(2)9-18(4,21)10-24-15-8-14(20)17(23-12(15)3)13-5-6-22-16(19)7-13/h5-8,11H,9-10,21H2,1-4H3. The van der Waals surface area contributed by atoms with Gasteiger partial charge in [0.1, 0.15) is 23.2 Å². The molecule has 24 heavy (non-hydrogen) atoms. The molecule has 0 aliphatic rings. The molecule has 0 aliphatic carbocycles. The monoisotopic (exact) mass is 351 g/mol. The van der Waals surface area contributed by atoms with Gasteiger partial charge in [0.2, 0.25) is 0 Å². The fourth-order valence-corrected chi connectivity index (χ4v) is 2.87. The zero-order valence-electron chi connectivity index (χ0n) is 14.4. The molecule has 4 nitrogen and oxygen atoms in total. The van der Waals surface area contributed by atoms with E-state index in [-0.39, 0.29) is 5.69 Å². The number of ether oxygens (including phenoxy) is 1. The first kappa shape index (κ1) is 18.6. The van der Waals surface area contributed by atoms with Crippen LogP contribution < -0.4 is 10.5 Å². The van der Waals surface area contributed by atoms with Crippen molar-refractivity contribution in [2.45, 2.75) is 39.7 Å². The van der Waals surface area contributed by atoms with Crippen LogP contribution in [0.3, 0.4) is 0 Å². The average Bonchev–Trinajstić information content (AvgIpc) is 2.46. The molecule has 0 radical (unpaired) electrons. The van der Waals surface area contributed by atoms with Gasteiger partial charge in [0.05, 0.1) is 5.69 Å². The molecule has 0 saturated carbocycles. The maximum absolute atomic E-state index is 14.4. The van der Waals surface area contributed by atoms with Gasteiger partial charge in [0.15, 0.2) is 5.82 Å². The van der Waals surface area contributed by atoms with E-state index in [1.807, 2.05) is 6.92 Å². The summed E-state index contributed by atoms with van der Waals surface area (Å²) >= 11 is 5.86. The first-order valence-electron chi connectivity index (χ1n) is 7.89. The highest BCUT2D eigenvalue weighted by Crippen LogP contribution is 2.28. The Kier molecular flexibility index (Phi) is 5.78. The fourth-order valence-electron chi connectivity index (χ4n) is 2.70. The van der Waals surface area contributed by atoms with Gasteiger partial charge in [-0.15, -0.1) is 0 Å². The number of rotatable bonds is 6. The quantitative estimate of drug-likeness (QED) is 0.784. The number of nitrogens with two attached hydrogens (primary N) is 1. The fraction of sp³-hybridized carbons (Fsp3) is 0.444. The highest BCUT2D eigenvalue weighted by atomic mass is 35.5. The van der Waals surface area contributed by atoms with Crippen molar-refractivity contribution in [3.8, 4) is 17.0 Å².